The molecule has 1 aromatic rings. The largest absolute Gasteiger partial charge is 0.356 e. The van der Waals surface area contributed by atoms with E-state index in [1.165, 1.54) is 38.9 Å². The summed E-state index contributed by atoms with van der Waals surface area (Å²) in [4.78, 5) is 13.3. The van der Waals surface area contributed by atoms with E-state index in [0.717, 1.165) is 37.3 Å². The lowest BCUT2D eigenvalue weighted by atomic mass is 10.1. The number of hydrogen-bond acceptors (Lipinski definition) is 4. The van der Waals surface area contributed by atoms with E-state index in [1.807, 2.05) is 0 Å². The lowest BCUT2D eigenvalue weighted by Crippen LogP contribution is -2.33. The molecule has 4 nitrogen and oxygen atoms in total. The van der Waals surface area contributed by atoms with Gasteiger partial charge in [0, 0.05) is 18.7 Å². The van der Waals surface area contributed by atoms with Crippen LogP contribution in [-0.2, 0) is 6.42 Å². The highest BCUT2D eigenvalue weighted by Gasteiger charge is 2.22. The van der Waals surface area contributed by atoms with Crippen LogP contribution in [-0.4, -0.2) is 47.6 Å². The first-order valence-electron chi connectivity index (χ1n) is 7.43. The molecule has 0 spiro atoms. The van der Waals surface area contributed by atoms with Gasteiger partial charge < -0.3 is 9.80 Å². The molecular formula is C14H20Cl2N4. The number of fused-ring (bicyclic) bond motifs is 1. The van der Waals surface area contributed by atoms with Crippen LogP contribution in [0.1, 0.15) is 31.2 Å². The standard InChI is InChI=1S/C14H20Cl2N4/c15-12-11-5-3-9-20(13(11)18-14(16)17-12)10-4-8-19-6-1-2-7-19/h1-10H2. The zero-order chi connectivity index (χ0) is 13.9. The van der Waals surface area contributed by atoms with Gasteiger partial charge in [0.2, 0.25) is 5.28 Å². The molecule has 0 bridgehead atoms. The molecule has 0 saturated carbocycles. The second kappa shape index (κ2) is 6.46. The molecule has 3 rings (SSSR count). The number of anilines is 1. The van der Waals surface area contributed by atoms with Crippen LogP contribution in [0.2, 0.25) is 10.4 Å². The SMILES string of the molecule is Clc1nc(Cl)c2c(n1)N(CCCN1CCCC1)CCC2. The molecule has 2 aliphatic rings. The maximum Gasteiger partial charge on any atom is 0.225 e. The van der Waals surface area contributed by atoms with Gasteiger partial charge in [-0.1, -0.05) is 11.6 Å². The Morgan fingerprint density at radius 2 is 1.75 bits per heavy atom. The zero-order valence-corrected chi connectivity index (χ0v) is 13.1. The van der Waals surface area contributed by atoms with E-state index in [1.54, 1.807) is 0 Å². The van der Waals surface area contributed by atoms with Crippen LogP contribution in [0.3, 0.4) is 0 Å². The zero-order valence-electron chi connectivity index (χ0n) is 11.6. The molecule has 1 aromatic heterocycles. The van der Waals surface area contributed by atoms with Crippen molar-refractivity contribution in [2.24, 2.45) is 0 Å². The lowest BCUT2D eigenvalue weighted by Gasteiger charge is -2.30. The minimum absolute atomic E-state index is 0.250. The Kier molecular flexibility index (Phi) is 4.64. The summed E-state index contributed by atoms with van der Waals surface area (Å²) in [6, 6.07) is 0. The van der Waals surface area contributed by atoms with E-state index in [2.05, 4.69) is 19.8 Å². The fourth-order valence-corrected chi connectivity index (χ4v) is 3.63. The molecule has 6 heteroatoms. The van der Waals surface area contributed by atoms with E-state index >= 15 is 0 Å². The predicted octanol–water partition coefficient (Wildman–Crippen LogP) is 3.02. The Labute approximate surface area is 130 Å². The summed E-state index contributed by atoms with van der Waals surface area (Å²) in [5.74, 6) is 0.947. The van der Waals surface area contributed by atoms with E-state index in [4.69, 9.17) is 23.2 Å². The van der Waals surface area contributed by atoms with Crippen LogP contribution in [0.25, 0.3) is 0 Å². The molecule has 1 fully saturated rings. The quantitative estimate of drug-likeness (QED) is 0.631. The molecule has 0 unspecified atom stereocenters. The van der Waals surface area contributed by atoms with Crippen molar-refractivity contribution in [3.05, 3.63) is 16.0 Å². The van der Waals surface area contributed by atoms with Crippen molar-refractivity contribution in [1.29, 1.82) is 0 Å². The highest BCUT2D eigenvalue weighted by atomic mass is 35.5. The minimum Gasteiger partial charge on any atom is -0.356 e. The molecule has 3 heterocycles. The van der Waals surface area contributed by atoms with Crippen molar-refractivity contribution in [3.63, 3.8) is 0 Å². The third-order valence-electron chi connectivity index (χ3n) is 4.16. The third kappa shape index (κ3) is 3.18. The Bertz CT molecular complexity index is 474. The van der Waals surface area contributed by atoms with Gasteiger partial charge in [0.15, 0.2) is 0 Å². The van der Waals surface area contributed by atoms with Gasteiger partial charge in [-0.05, 0) is 63.3 Å². The number of rotatable bonds is 4. The van der Waals surface area contributed by atoms with E-state index in [0.29, 0.717) is 5.15 Å². The second-order valence-corrected chi connectivity index (χ2v) is 6.27. The summed E-state index contributed by atoms with van der Waals surface area (Å²) >= 11 is 12.1. The monoisotopic (exact) mass is 314 g/mol. The van der Waals surface area contributed by atoms with Crippen molar-refractivity contribution in [2.75, 3.05) is 37.6 Å². The molecule has 2 aliphatic heterocycles. The number of halogens is 2. The summed E-state index contributed by atoms with van der Waals surface area (Å²) in [6.07, 6.45) is 5.93. The van der Waals surface area contributed by atoms with Gasteiger partial charge in [-0.3, -0.25) is 0 Å². The molecule has 110 valence electrons. The molecule has 0 radical (unpaired) electrons. The van der Waals surface area contributed by atoms with Crippen molar-refractivity contribution >= 4 is 29.0 Å². The van der Waals surface area contributed by atoms with Crippen molar-refractivity contribution in [2.45, 2.75) is 32.1 Å². The highest BCUT2D eigenvalue weighted by molar-refractivity contribution is 6.32. The maximum atomic E-state index is 6.18. The molecule has 1 saturated heterocycles. The number of likely N-dealkylation sites (tertiary alicyclic amines) is 1. The maximum absolute atomic E-state index is 6.18. The molecule has 0 aliphatic carbocycles. The van der Waals surface area contributed by atoms with Gasteiger partial charge in [0.25, 0.3) is 0 Å². The van der Waals surface area contributed by atoms with Crippen LogP contribution in [0.5, 0.6) is 0 Å². The van der Waals surface area contributed by atoms with Crippen LogP contribution >= 0.6 is 23.2 Å². The predicted molar refractivity (Wildman–Crippen MR) is 82.9 cm³/mol. The first-order chi connectivity index (χ1) is 9.74. The van der Waals surface area contributed by atoms with E-state index in [9.17, 15) is 0 Å². The molecular weight excluding hydrogens is 295 g/mol. The Morgan fingerprint density at radius 3 is 2.55 bits per heavy atom. The highest BCUT2D eigenvalue weighted by Crippen LogP contribution is 2.31. The number of aromatic nitrogens is 2. The average molecular weight is 315 g/mol. The molecule has 0 amide bonds. The Hall–Kier alpha value is -0.580. The van der Waals surface area contributed by atoms with Crippen LogP contribution < -0.4 is 4.90 Å². The normalized spacial score (nSPS) is 19.4. The number of nitrogens with zero attached hydrogens (tertiary/aromatic N) is 4. The van der Waals surface area contributed by atoms with Gasteiger partial charge in [-0.25, -0.2) is 9.97 Å². The van der Waals surface area contributed by atoms with Gasteiger partial charge in [-0.15, -0.1) is 0 Å². The van der Waals surface area contributed by atoms with Gasteiger partial charge in [-0.2, -0.15) is 0 Å². The van der Waals surface area contributed by atoms with Crippen LogP contribution in [0.15, 0.2) is 0 Å². The minimum atomic E-state index is 0.250. The van der Waals surface area contributed by atoms with Gasteiger partial charge in [0.05, 0.1) is 0 Å². The topological polar surface area (TPSA) is 32.3 Å². The third-order valence-corrected chi connectivity index (χ3v) is 4.64. The molecule has 0 aromatic carbocycles. The second-order valence-electron chi connectivity index (χ2n) is 5.58. The summed E-state index contributed by atoms with van der Waals surface area (Å²) < 4.78 is 0. The first kappa shape index (κ1) is 14.4. The van der Waals surface area contributed by atoms with Gasteiger partial charge in [0.1, 0.15) is 11.0 Å². The van der Waals surface area contributed by atoms with Crippen molar-refractivity contribution in [3.8, 4) is 0 Å². The van der Waals surface area contributed by atoms with E-state index in [-0.39, 0.29) is 5.28 Å². The van der Waals surface area contributed by atoms with E-state index < -0.39 is 0 Å². The number of hydrogen-bond donors (Lipinski definition) is 0. The molecule has 20 heavy (non-hydrogen) atoms. The molecule has 0 N–H and O–H groups in total. The van der Waals surface area contributed by atoms with Crippen molar-refractivity contribution in [1.82, 2.24) is 14.9 Å². The Morgan fingerprint density at radius 1 is 0.950 bits per heavy atom. The van der Waals surface area contributed by atoms with Crippen LogP contribution in [0, 0.1) is 0 Å². The van der Waals surface area contributed by atoms with Gasteiger partial charge >= 0.3 is 0 Å². The summed E-state index contributed by atoms with van der Waals surface area (Å²) in [7, 11) is 0. The van der Waals surface area contributed by atoms with Crippen molar-refractivity contribution < 1.29 is 0 Å². The average Bonchev–Trinajstić information content (AvgIpc) is 2.92. The Balaban J connectivity index is 1.63. The summed E-state index contributed by atoms with van der Waals surface area (Å²) in [6.45, 7) is 5.76. The lowest BCUT2D eigenvalue weighted by molar-refractivity contribution is 0.334. The smallest absolute Gasteiger partial charge is 0.225 e. The summed E-state index contributed by atoms with van der Waals surface area (Å²) in [5.41, 5.74) is 1.06. The first-order valence-corrected chi connectivity index (χ1v) is 8.19. The fraction of sp³-hybridized carbons (Fsp3) is 0.714. The fourth-order valence-electron chi connectivity index (χ4n) is 3.16. The summed E-state index contributed by atoms with van der Waals surface area (Å²) in [5, 5.41) is 0.768. The van der Waals surface area contributed by atoms with Crippen LogP contribution in [0.4, 0.5) is 5.82 Å². The molecule has 0 atom stereocenters.